The highest BCUT2D eigenvalue weighted by molar-refractivity contribution is 7.86. The van der Waals surface area contributed by atoms with Gasteiger partial charge in [0.1, 0.15) is 0 Å². The van der Waals surface area contributed by atoms with E-state index in [1.54, 1.807) is 0 Å². The maximum atomic E-state index is 12.2. The first-order valence-corrected chi connectivity index (χ1v) is 9.75. The molecule has 1 N–H and O–H groups in total. The number of fused-ring (bicyclic) bond motifs is 5. The first-order valence-electron chi connectivity index (χ1n) is 8.47. The lowest BCUT2D eigenvalue weighted by atomic mass is 9.84. The molecule has 2 nitrogen and oxygen atoms in total. The Bertz CT molecular complexity index is 810. The molecule has 2 fully saturated rings. The number of benzene rings is 2. The average molecular weight is 324 g/mol. The molecular formula is C20H20O2S. The van der Waals surface area contributed by atoms with E-state index in [4.69, 9.17) is 0 Å². The highest BCUT2D eigenvalue weighted by Crippen LogP contribution is 2.47. The highest BCUT2D eigenvalue weighted by atomic mass is 32.2. The van der Waals surface area contributed by atoms with Crippen molar-refractivity contribution in [2.75, 3.05) is 0 Å². The molecule has 5 rings (SSSR count). The van der Waals surface area contributed by atoms with Crippen molar-refractivity contribution in [1.82, 2.24) is 0 Å². The Kier molecular flexibility index (Phi) is 2.90. The second-order valence-corrected chi connectivity index (χ2v) is 9.29. The lowest BCUT2D eigenvalue weighted by Gasteiger charge is -2.36. The smallest absolute Gasteiger partial charge is 0.0919 e. The molecule has 118 valence electrons. The largest absolute Gasteiger partial charge is 0.385 e. The Labute approximate surface area is 139 Å². The number of hydrogen-bond donors (Lipinski definition) is 1. The summed E-state index contributed by atoms with van der Waals surface area (Å²) in [4.78, 5) is 0. The van der Waals surface area contributed by atoms with E-state index in [0.29, 0.717) is 12.8 Å². The Hall–Kier alpha value is -1.45. The van der Waals surface area contributed by atoms with Crippen molar-refractivity contribution in [3.05, 3.63) is 59.2 Å². The molecule has 2 aromatic carbocycles. The van der Waals surface area contributed by atoms with E-state index < -0.39 is 16.4 Å². The SMILES string of the molecule is O=S1C2CCC1CC(O)(c1ccc3c(c1)Cc1ccccc1-3)C2. The van der Waals surface area contributed by atoms with E-state index in [1.165, 1.54) is 22.3 Å². The second-order valence-electron chi connectivity index (χ2n) is 7.30. The summed E-state index contributed by atoms with van der Waals surface area (Å²) >= 11 is 0. The molecule has 2 saturated heterocycles. The minimum atomic E-state index is -0.788. The lowest BCUT2D eigenvalue weighted by molar-refractivity contribution is 0.0184. The first-order chi connectivity index (χ1) is 11.1. The van der Waals surface area contributed by atoms with Gasteiger partial charge in [-0.15, -0.1) is 0 Å². The van der Waals surface area contributed by atoms with Crippen molar-refractivity contribution in [2.24, 2.45) is 0 Å². The van der Waals surface area contributed by atoms with E-state index in [0.717, 1.165) is 24.8 Å². The minimum Gasteiger partial charge on any atom is -0.385 e. The van der Waals surface area contributed by atoms with Crippen LogP contribution in [0.2, 0.25) is 0 Å². The molecule has 2 aliphatic heterocycles. The molecular weight excluding hydrogens is 304 g/mol. The Morgan fingerprint density at radius 3 is 2.43 bits per heavy atom. The van der Waals surface area contributed by atoms with Crippen molar-refractivity contribution in [2.45, 2.75) is 48.2 Å². The van der Waals surface area contributed by atoms with Crippen molar-refractivity contribution in [1.29, 1.82) is 0 Å². The summed E-state index contributed by atoms with van der Waals surface area (Å²) in [5.74, 6) is 0. The maximum absolute atomic E-state index is 12.2. The molecule has 2 bridgehead atoms. The monoisotopic (exact) mass is 324 g/mol. The van der Waals surface area contributed by atoms with Crippen molar-refractivity contribution < 1.29 is 9.32 Å². The van der Waals surface area contributed by atoms with Crippen LogP contribution in [0.1, 0.15) is 42.4 Å². The molecule has 2 aromatic rings. The molecule has 23 heavy (non-hydrogen) atoms. The van der Waals surface area contributed by atoms with E-state index in [1.807, 2.05) is 0 Å². The molecule has 0 aromatic heterocycles. The van der Waals surface area contributed by atoms with Gasteiger partial charge in [-0.05, 0) is 59.9 Å². The number of rotatable bonds is 1. The van der Waals surface area contributed by atoms with E-state index in [9.17, 15) is 9.32 Å². The van der Waals surface area contributed by atoms with Crippen molar-refractivity contribution >= 4 is 10.8 Å². The summed E-state index contributed by atoms with van der Waals surface area (Å²) in [5.41, 5.74) is 5.55. The van der Waals surface area contributed by atoms with Gasteiger partial charge < -0.3 is 5.11 Å². The molecule has 0 saturated carbocycles. The molecule has 2 heterocycles. The summed E-state index contributed by atoms with van der Waals surface area (Å²) in [7, 11) is -0.731. The van der Waals surface area contributed by atoms with Gasteiger partial charge in [-0.3, -0.25) is 4.21 Å². The van der Waals surface area contributed by atoms with Crippen LogP contribution in [-0.4, -0.2) is 19.8 Å². The van der Waals surface area contributed by atoms with Gasteiger partial charge in [0.25, 0.3) is 0 Å². The third kappa shape index (κ3) is 1.99. The average Bonchev–Trinajstić information content (AvgIpc) is 3.02. The summed E-state index contributed by atoms with van der Waals surface area (Å²) in [6.45, 7) is 0. The number of aliphatic hydroxyl groups is 1. The fraction of sp³-hybridized carbons (Fsp3) is 0.400. The van der Waals surface area contributed by atoms with Gasteiger partial charge in [0, 0.05) is 21.3 Å². The topological polar surface area (TPSA) is 37.3 Å². The minimum absolute atomic E-state index is 0.184. The molecule has 3 aliphatic rings. The molecule has 0 radical (unpaired) electrons. The second kappa shape index (κ2) is 4.78. The van der Waals surface area contributed by atoms with Gasteiger partial charge in [0.2, 0.25) is 0 Å². The van der Waals surface area contributed by atoms with E-state index in [-0.39, 0.29) is 10.5 Å². The van der Waals surface area contributed by atoms with E-state index in [2.05, 4.69) is 42.5 Å². The fourth-order valence-electron chi connectivity index (χ4n) is 4.75. The molecule has 1 aliphatic carbocycles. The zero-order valence-corrected chi connectivity index (χ0v) is 13.8. The molecule has 3 heteroatoms. The third-order valence-corrected chi connectivity index (χ3v) is 8.05. The summed E-state index contributed by atoms with van der Waals surface area (Å²) in [6, 6.07) is 15.0. The van der Waals surface area contributed by atoms with Gasteiger partial charge in [-0.2, -0.15) is 0 Å². The zero-order chi connectivity index (χ0) is 15.6. The van der Waals surface area contributed by atoms with Crippen molar-refractivity contribution in [3.63, 3.8) is 0 Å². The predicted molar refractivity (Wildman–Crippen MR) is 92.8 cm³/mol. The summed E-state index contributed by atoms with van der Waals surface area (Å²) in [5, 5.41) is 11.6. The molecule has 0 amide bonds. The Balaban J connectivity index is 1.54. The van der Waals surface area contributed by atoms with Crippen LogP contribution >= 0.6 is 0 Å². The summed E-state index contributed by atoms with van der Waals surface area (Å²) in [6.07, 6.45) is 4.28. The van der Waals surface area contributed by atoms with Crippen LogP contribution in [-0.2, 0) is 22.8 Å². The van der Waals surface area contributed by atoms with Crippen LogP contribution in [0.3, 0.4) is 0 Å². The van der Waals surface area contributed by atoms with Crippen LogP contribution in [0.25, 0.3) is 11.1 Å². The van der Waals surface area contributed by atoms with Gasteiger partial charge in [-0.1, -0.05) is 42.5 Å². The zero-order valence-electron chi connectivity index (χ0n) is 13.0. The molecule has 2 atom stereocenters. The van der Waals surface area contributed by atoms with Crippen LogP contribution in [0.15, 0.2) is 42.5 Å². The lowest BCUT2D eigenvalue weighted by Crippen LogP contribution is -2.40. The third-order valence-electron chi connectivity index (χ3n) is 5.93. The first kappa shape index (κ1) is 13.9. The molecule has 2 unspecified atom stereocenters. The van der Waals surface area contributed by atoms with Crippen LogP contribution in [0.4, 0.5) is 0 Å². The van der Waals surface area contributed by atoms with Gasteiger partial charge in [0.15, 0.2) is 0 Å². The quantitative estimate of drug-likeness (QED) is 0.744. The van der Waals surface area contributed by atoms with Crippen LogP contribution in [0, 0.1) is 0 Å². The van der Waals surface area contributed by atoms with Crippen LogP contribution < -0.4 is 0 Å². The van der Waals surface area contributed by atoms with E-state index >= 15 is 0 Å². The normalized spacial score (nSPS) is 34.2. The number of hydrogen-bond acceptors (Lipinski definition) is 2. The standard InChI is InChI=1S/C20H20O2S/c21-20(11-16-6-7-17(12-20)23(16)22)15-5-8-19-14(10-15)9-13-3-1-2-4-18(13)19/h1-5,8,10,16-17,21H,6-7,9,11-12H2. The fourth-order valence-corrected chi connectivity index (χ4v) is 6.91. The Morgan fingerprint density at radius 2 is 1.65 bits per heavy atom. The summed E-state index contributed by atoms with van der Waals surface area (Å²) < 4.78 is 12.2. The van der Waals surface area contributed by atoms with Crippen LogP contribution in [0.5, 0.6) is 0 Å². The van der Waals surface area contributed by atoms with Gasteiger partial charge in [0.05, 0.1) is 5.60 Å². The predicted octanol–water partition coefficient (Wildman–Crippen LogP) is 3.52. The van der Waals surface area contributed by atoms with Gasteiger partial charge in [-0.25, -0.2) is 0 Å². The van der Waals surface area contributed by atoms with Crippen molar-refractivity contribution in [3.8, 4) is 11.1 Å². The van der Waals surface area contributed by atoms with Gasteiger partial charge >= 0.3 is 0 Å². The maximum Gasteiger partial charge on any atom is 0.0919 e. The highest BCUT2D eigenvalue weighted by Gasteiger charge is 2.48. The Morgan fingerprint density at radius 1 is 0.957 bits per heavy atom. The molecule has 0 spiro atoms.